The summed E-state index contributed by atoms with van der Waals surface area (Å²) in [6.07, 6.45) is 5.79. The van der Waals surface area contributed by atoms with Crippen molar-refractivity contribution in [2.24, 2.45) is 0 Å². The summed E-state index contributed by atoms with van der Waals surface area (Å²) in [5.74, 6) is 0.273. The lowest BCUT2D eigenvalue weighted by atomic mass is 9.71. The molecule has 1 aliphatic heterocycles. The van der Waals surface area contributed by atoms with Crippen LogP contribution in [0, 0.1) is 0 Å². The van der Waals surface area contributed by atoms with Gasteiger partial charge in [-0.15, -0.1) is 0 Å². The molecule has 1 heterocycles. The lowest BCUT2D eigenvalue weighted by Gasteiger charge is -2.37. The van der Waals surface area contributed by atoms with E-state index in [1.807, 2.05) is 31.2 Å². The SMILES string of the molecule is COc1ccc([C@@H]2CC(=O)C3=C(C2)NC(C)=C(C(=O)OC2CCCCC2)[C@H]3c2cccc(O)c2)cc1OC. The van der Waals surface area contributed by atoms with Gasteiger partial charge in [0.25, 0.3) is 0 Å². The second kappa shape index (κ2) is 10.9. The van der Waals surface area contributed by atoms with Crippen molar-refractivity contribution in [3.05, 3.63) is 76.1 Å². The Morgan fingerprint density at radius 2 is 1.71 bits per heavy atom. The van der Waals surface area contributed by atoms with Gasteiger partial charge >= 0.3 is 5.97 Å². The van der Waals surface area contributed by atoms with E-state index in [2.05, 4.69) is 5.32 Å². The molecule has 1 saturated carbocycles. The molecule has 0 spiro atoms. The van der Waals surface area contributed by atoms with E-state index in [9.17, 15) is 14.7 Å². The number of ketones is 1. The number of phenolic OH excluding ortho intramolecular Hbond substituents is 1. The Morgan fingerprint density at radius 3 is 2.42 bits per heavy atom. The molecule has 7 heteroatoms. The van der Waals surface area contributed by atoms with Crippen molar-refractivity contribution < 1.29 is 28.9 Å². The third-order valence-corrected chi connectivity index (χ3v) is 7.96. The number of rotatable bonds is 6. The van der Waals surface area contributed by atoms with E-state index >= 15 is 0 Å². The molecule has 1 fully saturated rings. The zero-order chi connectivity index (χ0) is 26.8. The number of ether oxygens (including phenoxy) is 3. The normalized spacial score (nSPS) is 22.0. The lowest BCUT2D eigenvalue weighted by molar-refractivity contribution is -0.146. The third-order valence-electron chi connectivity index (χ3n) is 7.96. The molecule has 5 rings (SSSR count). The van der Waals surface area contributed by atoms with Crippen molar-refractivity contribution in [2.45, 2.75) is 69.8 Å². The van der Waals surface area contributed by atoms with E-state index in [0.29, 0.717) is 46.7 Å². The molecule has 0 bridgehead atoms. The van der Waals surface area contributed by atoms with Crippen LogP contribution >= 0.6 is 0 Å². The van der Waals surface area contributed by atoms with Crippen molar-refractivity contribution in [3.63, 3.8) is 0 Å². The first-order valence-electron chi connectivity index (χ1n) is 13.4. The maximum absolute atomic E-state index is 13.8. The summed E-state index contributed by atoms with van der Waals surface area (Å²) >= 11 is 0. The topological polar surface area (TPSA) is 94.1 Å². The molecular weight excluding hydrogens is 482 g/mol. The van der Waals surface area contributed by atoms with Gasteiger partial charge in [0, 0.05) is 29.3 Å². The minimum Gasteiger partial charge on any atom is -0.508 e. The second-order valence-electron chi connectivity index (χ2n) is 10.4. The summed E-state index contributed by atoms with van der Waals surface area (Å²) in [6, 6.07) is 12.6. The molecule has 7 nitrogen and oxygen atoms in total. The quantitative estimate of drug-likeness (QED) is 0.479. The molecule has 2 aromatic carbocycles. The van der Waals surface area contributed by atoms with Crippen molar-refractivity contribution >= 4 is 11.8 Å². The first kappa shape index (κ1) is 25.9. The number of esters is 1. The molecule has 2 N–H and O–H groups in total. The van der Waals surface area contributed by atoms with E-state index in [4.69, 9.17) is 14.2 Å². The van der Waals surface area contributed by atoms with Crippen LogP contribution in [-0.4, -0.2) is 37.2 Å². The van der Waals surface area contributed by atoms with Crippen LogP contribution in [0.1, 0.15) is 74.8 Å². The minimum atomic E-state index is -0.603. The van der Waals surface area contributed by atoms with E-state index in [0.717, 1.165) is 43.4 Å². The van der Waals surface area contributed by atoms with Gasteiger partial charge in [-0.25, -0.2) is 4.79 Å². The molecule has 0 amide bonds. The van der Waals surface area contributed by atoms with E-state index in [1.54, 1.807) is 32.4 Å². The number of carbonyl (C=O) groups is 2. The summed E-state index contributed by atoms with van der Waals surface area (Å²) in [5, 5.41) is 13.7. The molecule has 3 aliphatic rings. The number of hydrogen-bond donors (Lipinski definition) is 2. The number of benzene rings is 2. The summed E-state index contributed by atoms with van der Waals surface area (Å²) in [4.78, 5) is 27.4. The first-order valence-corrected chi connectivity index (χ1v) is 13.4. The highest BCUT2D eigenvalue weighted by molar-refractivity contribution is 6.04. The maximum atomic E-state index is 13.8. The number of aromatic hydroxyl groups is 1. The first-order chi connectivity index (χ1) is 18.4. The number of hydrogen-bond acceptors (Lipinski definition) is 7. The van der Waals surface area contributed by atoms with Crippen molar-refractivity contribution in [3.8, 4) is 17.2 Å². The molecule has 0 radical (unpaired) electrons. The second-order valence-corrected chi connectivity index (χ2v) is 10.4. The predicted molar refractivity (Wildman–Crippen MR) is 143 cm³/mol. The number of carbonyl (C=O) groups excluding carboxylic acids is 2. The Labute approximate surface area is 223 Å². The van der Waals surface area contributed by atoms with Crippen LogP contribution in [0.15, 0.2) is 65.0 Å². The van der Waals surface area contributed by atoms with Gasteiger partial charge in [-0.3, -0.25) is 4.79 Å². The van der Waals surface area contributed by atoms with Gasteiger partial charge in [0.05, 0.1) is 19.8 Å². The molecule has 2 aliphatic carbocycles. The van der Waals surface area contributed by atoms with Crippen molar-refractivity contribution in [2.75, 3.05) is 14.2 Å². The molecule has 38 heavy (non-hydrogen) atoms. The smallest absolute Gasteiger partial charge is 0.337 e. The lowest BCUT2D eigenvalue weighted by Crippen LogP contribution is -2.37. The Morgan fingerprint density at radius 1 is 0.947 bits per heavy atom. The van der Waals surface area contributed by atoms with Gasteiger partial charge in [0.1, 0.15) is 11.9 Å². The molecule has 0 aromatic heterocycles. The van der Waals surface area contributed by atoms with Crippen LogP contribution in [0.2, 0.25) is 0 Å². The van der Waals surface area contributed by atoms with E-state index in [1.165, 1.54) is 0 Å². The largest absolute Gasteiger partial charge is 0.508 e. The number of dihydropyridines is 1. The minimum absolute atomic E-state index is 0.0256. The average molecular weight is 518 g/mol. The summed E-state index contributed by atoms with van der Waals surface area (Å²) in [7, 11) is 3.19. The maximum Gasteiger partial charge on any atom is 0.337 e. The molecule has 0 unspecified atom stereocenters. The van der Waals surface area contributed by atoms with E-state index < -0.39 is 11.9 Å². The van der Waals surface area contributed by atoms with Crippen LogP contribution in [-0.2, 0) is 14.3 Å². The highest BCUT2D eigenvalue weighted by atomic mass is 16.5. The monoisotopic (exact) mass is 517 g/mol. The number of phenols is 1. The number of allylic oxidation sites excluding steroid dienone is 3. The van der Waals surface area contributed by atoms with Crippen LogP contribution in [0.3, 0.4) is 0 Å². The van der Waals surface area contributed by atoms with Crippen LogP contribution < -0.4 is 14.8 Å². The Hall–Kier alpha value is -3.74. The average Bonchev–Trinajstić information content (AvgIpc) is 2.92. The van der Waals surface area contributed by atoms with Gasteiger partial charge in [0.2, 0.25) is 0 Å². The summed E-state index contributed by atoms with van der Waals surface area (Å²) < 4.78 is 16.8. The highest BCUT2D eigenvalue weighted by Crippen LogP contribution is 2.47. The molecule has 2 aromatic rings. The molecular formula is C31H35NO6. The number of Topliss-reactive ketones (excluding diaryl/α,β-unsaturated/α-hetero) is 1. The van der Waals surface area contributed by atoms with Gasteiger partial charge < -0.3 is 24.6 Å². The van der Waals surface area contributed by atoms with Crippen LogP contribution in [0.4, 0.5) is 0 Å². The fourth-order valence-electron chi connectivity index (χ4n) is 6.09. The number of methoxy groups -OCH3 is 2. The summed E-state index contributed by atoms with van der Waals surface area (Å²) in [6.45, 7) is 1.86. The van der Waals surface area contributed by atoms with Crippen molar-refractivity contribution in [1.29, 1.82) is 0 Å². The zero-order valence-electron chi connectivity index (χ0n) is 22.2. The van der Waals surface area contributed by atoms with E-state index in [-0.39, 0.29) is 23.6 Å². The standard InChI is InChI=1S/C31H35NO6/c1-18-28(31(35)38-23-10-5-4-6-11-23)29(20-8-7-9-22(33)14-20)30-24(32-18)15-21(16-25(30)34)19-12-13-26(36-2)27(17-19)37-3/h7-9,12-14,17,21,23,29,32-33H,4-6,10-11,15-16H2,1-3H3/t21-,29+/m0/s1. The Bertz CT molecular complexity index is 1300. The number of nitrogens with one attached hydrogen (secondary N) is 1. The Kier molecular flexibility index (Phi) is 7.45. The third kappa shape index (κ3) is 5.02. The van der Waals surface area contributed by atoms with Gasteiger partial charge in [0.15, 0.2) is 17.3 Å². The predicted octanol–water partition coefficient (Wildman–Crippen LogP) is 5.65. The molecule has 200 valence electrons. The van der Waals surface area contributed by atoms with Gasteiger partial charge in [-0.1, -0.05) is 24.6 Å². The fourth-order valence-corrected chi connectivity index (χ4v) is 6.09. The van der Waals surface area contributed by atoms with Crippen LogP contribution in [0.25, 0.3) is 0 Å². The van der Waals surface area contributed by atoms with Crippen molar-refractivity contribution in [1.82, 2.24) is 5.32 Å². The zero-order valence-corrected chi connectivity index (χ0v) is 22.2. The molecule has 0 saturated heterocycles. The van der Waals surface area contributed by atoms with Gasteiger partial charge in [-0.2, -0.15) is 0 Å². The van der Waals surface area contributed by atoms with Crippen LogP contribution in [0.5, 0.6) is 17.2 Å². The molecule has 2 atom stereocenters. The Balaban J connectivity index is 1.51. The highest BCUT2D eigenvalue weighted by Gasteiger charge is 2.42. The summed E-state index contributed by atoms with van der Waals surface area (Å²) in [5.41, 5.74) is 4.19. The van der Waals surface area contributed by atoms with Gasteiger partial charge in [-0.05, 0) is 80.3 Å². The fraction of sp³-hybridized carbons (Fsp3) is 0.419.